The van der Waals surface area contributed by atoms with E-state index >= 15 is 0 Å². The Kier molecular flexibility index (Phi) is 7.20. The third kappa shape index (κ3) is 8.52. The van der Waals surface area contributed by atoms with Gasteiger partial charge < -0.3 is 0 Å². The molecule has 0 aliphatic rings. The van der Waals surface area contributed by atoms with Crippen LogP contribution in [0.5, 0.6) is 0 Å². The SMILES string of the molecule is CCCCCC(CCC(C)(C)C)NN. The molecule has 14 heavy (non-hydrogen) atoms. The molecule has 0 amide bonds. The van der Waals surface area contributed by atoms with Crippen LogP contribution >= 0.6 is 0 Å². The van der Waals surface area contributed by atoms with Gasteiger partial charge in [-0.25, -0.2) is 0 Å². The van der Waals surface area contributed by atoms with Crippen molar-refractivity contribution in [3.8, 4) is 0 Å². The Hall–Kier alpha value is -0.0800. The molecule has 0 rings (SSSR count). The fourth-order valence-corrected chi connectivity index (χ4v) is 1.56. The van der Waals surface area contributed by atoms with E-state index in [1.165, 1.54) is 38.5 Å². The molecule has 86 valence electrons. The molecule has 0 heterocycles. The number of rotatable bonds is 7. The van der Waals surface area contributed by atoms with Gasteiger partial charge in [0.25, 0.3) is 0 Å². The van der Waals surface area contributed by atoms with Crippen LogP contribution in [0.2, 0.25) is 0 Å². The van der Waals surface area contributed by atoms with E-state index in [4.69, 9.17) is 5.84 Å². The lowest BCUT2D eigenvalue weighted by molar-refractivity contribution is 0.320. The van der Waals surface area contributed by atoms with Crippen LogP contribution in [0, 0.1) is 5.41 Å². The van der Waals surface area contributed by atoms with Crippen LogP contribution < -0.4 is 11.3 Å². The quantitative estimate of drug-likeness (QED) is 0.376. The maximum Gasteiger partial charge on any atom is 0.0210 e. The van der Waals surface area contributed by atoms with E-state index in [1.807, 2.05) is 0 Å². The first-order valence-corrected chi connectivity index (χ1v) is 5.95. The molecule has 0 bridgehead atoms. The molecule has 0 saturated heterocycles. The Morgan fingerprint density at radius 2 is 1.79 bits per heavy atom. The highest BCUT2D eigenvalue weighted by Gasteiger charge is 2.13. The molecule has 0 saturated carbocycles. The second-order valence-corrected chi connectivity index (χ2v) is 5.46. The standard InChI is InChI=1S/C12H28N2/c1-5-6-7-8-11(14-13)9-10-12(2,3)4/h11,14H,5-10,13H2,1-4H3. The average Bonchev–Trinajstić information content (AvgIpc) is 2.09. The van der Waals surface area contributed by atoms with Crippen molar-refractivity contribution in [3.05, 3.63) is 0 Å². The normalized spacial score (nSPS) is 14.4. The largest absolute Gasteiger partial charge is 0.271 e. The summed E-state index contributed by atoms with van der Waals surface area (Å²) < 4.78 is 0. The first-order valence-electron chi connectivity index (χ1n) is 5.95. The van der Waals surface area contributed by atoms with Crippen molar-refractivity contribution < 1.29 is 0 Å². The van der Waals surface area contributed by atoms with Gasteiger partial charge in [-0.05, 0) is 24.7 Å². The summed E-state index contributed by atoms with van der Waals surface area (Å²) in [5.74, 6) is 5.53. The summed E-state index contributed by atoms with van der Waals surface area (Å²) in [5.41, 5.74) is 3.36. The molecule has 2 nitrogen and oxygen atoms in total. The number of unbranched alkanes of at least 4 members (excludes halogenated alkanes) is 2. The summed E-state index contributed by atoms with van der Waals surface area (Å²) in [5, 5.41) is 0. The highest BCUT2D eigenvalue weighted by molar-refractivity contribution is 4.69. The minimum Gasteiger partial charge on any atom is -0.271 e. The monoisotopic (exact) mass is 200 g/mol. The molecule has 1 unspecified atom stereocenters. The topological polar surface area (TPSA) is 38.0 Å². The highest BCUT2D eigenvalue weighted by atomic mass is 15.2. The van der Waals surface area contributed by atoms with E-state index in [2.05, 4.69) is 33.1 Å². The molecule has 0 aromatic carbocycles. The van der Waals surface area contributed by atoms with Crippen molar-refractivity contribution in [1.82, 2.24) is 5.43 Å². The zero-order chi connectivity index (χ0) is 11.0. The molecule has 2 heteroatoms. The van der Waals surface area contributed by atoms with Gasteiger partial charge in [-0.1, -0.05) is 47.0 Å². The van der Waals surface area contributed by atoms with Gasteiger partial charge in [0.05, 0.1) is 0 Å². The number of hydrazine groups is 1. The zero-order valence-electron chi connectivity index (χ0n) is 10.4. The number of hydrogen-bond acceptors (Lipinski definition) is 2. The summed E-state index contributed by atoms with van der Waals surface area (Å²) in [4.78, 5) is 0. The molecule has 0 fully saturated rings. The second-order valence-electron chi connectivity index (χ2n) is 5.46. The van der Waals surface area contributed by atoms with Crippen molar-refractivity contribution in [2.45, 2.75) is 72.3 Å². The lowest BCUT2D eigenvalue weighted by atomic mass is 9.88. The van der Waals surface area contributed by atoms with Gasteiger partial charge in [0, 0.05) is 6.04 Å². The van der Waals surface area contributed by atoms with Crippen molar-refractivity contribution >= 4 is 0 Å². The Morgan fingerprint density at radius 3 is 2.21 bits per heavy atom. The lowest BCUT2D eigenvalue weighted by Gasteiger charge is -2.22. The molecule has 0 radical (unpaired) electrons. The minimum absolute atomic E-state index is 0.430. The molecule has 3 N–H and O–H groups in total. The summed E-state index contributed by atoms with van der Waals surface area (Å²) in [7, 11) is 0. The number of nitrogens with one attached hydrogen (secondary N) is 1. The Bertz CT molecular complexity index is 127. The van der Waals surface area contributed by atoms with Gasteiger partial charge in [-0.3, -0.25) is 11.3 Å². The third-order valence-electron chi connectivity index (χ3n) is 2.63. The maximum absolute atomic E-state index is 5.53. The summed E-state index contributed by atoms with van der Waals surface area (Å²) >= 11 is 0. The predicted octanol–water partition coefficient (Wildman–Crippen LogP) is 3.22. The summed E-state index contributed by atoms with van der Waals surface area (Å²) in [6.07, 6.45) is 7.58. The minimum atomic E-state index is 0.430. The van der Waals surface area contributed by atoms with E-state index in [1.54, 1.807) is 0 Å². The smallest absolute Gasteiger partial charge is 0.0210 e. The molecule has 0 spiro atoms. The molecule has 0 aromatic rings. The molecule has 0 aliphatic carbocycles. The highest BCUT2D eigenvalue weighted by Crippen LogP contribution is 2.22. The van der Waals surface area contributed by atoms with Gasteiger partial charge >= 0.3 is 0 Å². The van der Waals surface area contributed by atoms with Crippen LogP contribution in [0.25, 0.3) is 0 Å². The molecule has 1 atom stereocenters. The van der Waals surface area contributed by atoms with Crippen molar-refractivity contribution in [1.29, 1.82) is 0 Å². The summed E-state index contributed by atoms with van der Waals surface area (Å²) in [6.45, 7) is 9.09. The van der Waals surface area contributed by atoms with Crippen LogP contribution in [0.15, 0.2) is 0 Å². The average molecular weight is 200 g/mol. The van der Waals surface area contributed by atoms with Gasteiger partial charge in [-0.2, -0.15) is 0 Å². The predicted molar refractivity (Wildman–Crippen MR) is 63.9 cm³/mol. The third-order valence-corrected chi connectivity index (χ3v) is 2.63. The fraction of sp³-hybridized carbons (Fsp3) is 1.00. The van der Waals surface area contributed by atoms with E-state index < -0.39 is 0 Å². The Morgan fingerprint density at radius 1 is 1.14 bits per heavy atom. The van der Waals surface area contributed by atoms with Gasteiger partial charge in [0.15, 0.2) is 0 Å². The van der Waals surface area contributed by atoms with Crippen LogP contribution in [0.4, 0.5) is 0 Å². The van der Waals surface area contributed by atoms with E-state index in [0.29, 0.717) is 11.5 Å². The van der Waals surface area contributed by atoms with Crippen LogP contribution in [-0.2, 0) is 0 Å². The number of nitrogens with two attached hydrogens (primary N) is 1. The lowest BCUT2D eigenvalue weighted by Crippen LogP contribution is -2.35. The van der Waals surface area contributed by atoms with Crippen LogP contribution in [0.1, 0.15) is 66.2 Å². The van der Waals surface area contributed by atoms with Gasteiger partial charge in [-0.15, -0.1) is 0 Å². The fourth-order valence-electron chi connectivity index (χ4n) is 1.56. The summed E-state index contributed by atoms with van der Waals surface area (Å²) in [6, 6.07) is 0.515. The van der Waals surface area contributed by atoms with Gasteiger partial charge in [0.2, 0.25) is 0 Å². The van der Waals surface area contributed by atoms with Crippen LogP contribution in [0.3, 0.4) is 0 Å². The molecular weight excluding hydrogens is 172 g/mol. The Balaban J connectivity index is 3.58. The van der Waals surface area contributed by atoms with Crippen molar-refractivity contribution in [2.24, 2.45) is 11.3 Å². The number of hydrogen-bond donors (Lipinski definition) is 2. The molecular formula is C12H28N2. The van der Waals surface area contributed by atoms with Crippen molar-refractivity contribution in [2.75, 3.05) is 0 Å². The van der Waals surface area contributed by atoms with E-state index in [-0.39, 0.29) is 0 Å². The van der Waals surface area contributed by atoms with Gasteiger partial charge in [0.1, 0.15) is 0 Å². The zero-order valence-corrected chi connectivity index (χ0v) is 10.4. The molecule has 0 aliphatic heterocycles. The first-order chi connectivity index (χ1) is 6.49. The van der Waals surface area contributed by atoms with Crippen LogP contribution in [-0.4, -0.2) is 6.04 Å². The Labute approximate surface area is 89.6 Å². The van der Waals surface area contributed by atoms with E-state index in [0.717, 1.165) is 0 Å². The maximum atomic E-state index is 5.53. The van der Waals surface area contributed by atoms with E-state index in [9.17, 15) is 0 Å². The second kappa shape index (κ2) is 7.24. The van der Waals surface area contributed by atoms with Crippen molar-refractivity contribution in [3.63, 3.8) is 0 Å². The first kappa shape index (κ1) is 13.9. The molecule has 0 aromatic heterocycles.